The number of benzene rings is 1. The maximum absolute atomic E-state index is 14.5. The minimum absolute atomic E-state index is 0.0237. The maximum Gasteiger partial charge on any atom is 0.222 e. The van der Waals surface area contributed by atoms with Gasteiger partial charge in [0.15, 0.2) is 11.6 Å². The highest BCUT2D eigenvalue weighted by Gasteiger charge is 2.19. The van der Waals surface area contributed by atoms with Crippen molar-refractivity contribution in [2.45, 2.75) is 38.8 Å². The molecule has 0 aliphatic rings. The fourth-order valence-electron chi connectivity index (χ4n) is 3.17. The van der Waals surface area contributed by atoms with Crippen LogP contribution in [0.25, 0.3) is 11.0 Å². The minimum atomic E-state index is -0.428. The summed E-state index contributed by atoms with van der Waals surface area (Å²) in [5, 5.41) is 12.6. The second-order valence-electron chi connectivity index (χ2n) is 6.36. The molecule has 1 aromatic carbocycles. The predicted molar refractivity (Wildman–Crippen MR) is 101 cm³/mol. The van der Waals surface area contributed by atoms with Gasteiger partial charge in [0.2, 0.25) is 5.95 Å². The monoisotopic (exact) mass is 357 g/mol. The van der Waals surface area contributed by atoms with Crippen LogP contribution in [0.4, 0.5) is 16.2 Å². The van der Waals surface area contributed by atoms with Crippen LogP contribution in [0, 0.1) is 5.82 Å². The summed E-state index contributed by atoms with van der Waals surface area (Å²) in [6, 6.07) is 9.85. The number of nitrogens with two attached hydrogens (primary N) is 1. The van der Waals surface area contributed by atoms with E-state index in [2.05, 4.69) is 22.2 Å². The number of nitrogens with one attached hydrogen (secondary N) is 1. The smallest absolute Gasteiger partial charge is 0.222 e. The Kier molecular flexibility index (Phi) is 5.68. The first-order valence-electron chi connectivity index (χ1n) is 8.85. The average Bonchev–Trinajstić information content (AvgIpc) is 2.92. The van der Waals surface area contributed by atoms with Crippen molar-refractivity contribution in [3.8, 4) is 0 Å². The van der Waals surface area contributed by atoms with Crippen molar-refractivity contribution >= 4 is 22.8 Å². The molecule has 26 heavy (non-hydrogen) atoms. The second-order valence-corrected chi connectivity index (χ2v) is 6.36. The van der Waals surface area contributed by atoms with Crippen molar-refractivity contribution in [3.63, 3.8) is 0 Å². The molecule has 3 rings (SSSR count). The van der Waals surface area contributed by atoms with Gasteiger partial charge in [0.05, 0.1) is 0 Å². The van der Waals surface area contributed by atoms with Crippen LogP contribution >= 0.6 is 0 Å². The van der Waals surface area contributed by atoms with Gasteiger partial charge in [-0.2, -0.15) is 4.98 Å². The van der Waals surface area contributed by atoms with Gasteiger partial charge in [0.1, 0.15) is 11.0 Å². The number of anilines is 2. The van der Waals surface area contributed by atoms with E-state index in [1.54, 1.807) is 4.57 Å². The molecule has 3 aromatic rings. The molecule has 0 fully saturated rings. The third-order valence-corrected chi connectivity index (χ3v) is 4.34. The molecule has 2 aromatic heterocycles. The Labute approximate surface area is 151 Å². The Balaban J connectivity index is 2.03. The zero-order valence-corrected chi connectivity index (χ0v) is 14.8. The summed E-state index contributed by atoms with van der Waals surface area (Å²) >= 11 is 0. The van der Waals surface area contributed by atoms with E-state index in [-0.39, 0.29) is 24.1 Å². The summed E-state index contributed by atoms with van der Waals surface area (Å²) in [6.45, 7) is 2.65. The van der Waals surface area contributed by atoms with Crippen LogP contribution in [0.2, 0.25) is 0 Å². The third-order valence-electron chi connectivity index (χ3n) is 4.34. The molecule has 0 spiro atoms. The number of aromatic nitrogens is 3. The molecule has 0 amide bonds. The molecule has 6 nitrogen and oxygen atoms in total. The summed E-state index contributed by atoms with van der Waals surface area (Å²) < 4.78 is 16.3. The fourth-order valence-corrected chi connectivity index (χ4v) is 3.17. The lowest BCUT2D eigenvalue weighted by Gasteiger charge is -2.19. The van der Waals surface area contributed by atoms with Gasteiger partial charge in [-0.15, -0.1) is 0 Å². The highest BCUT2D eigenvalue weighted by molar-refractivity contribution is 5.88. The first-order valence-corrected chi connectivity index (χ1v) is 8.85. The number of aliphatic hydroxyl groups is 1. The van der Waals surface area contributed by atoms with Gasteiger partial charge in [-0.05, 0) is 18.4 Å². The molecule has 138 valence electrons. The molecule has 0 saturated heterocycles. The Bertz CT molecular complexity index is 859. The zero-order chi connectivity index (χ0) is 18.5. The summed E-state index contributed by atoms with van der Waals surface area (Å²) in [4.78, 5) is 8.39. The Morgan fingerprint density at radius 1 is 1.23 bits per heavy atom. The average molecular weight is 357 g/mol. The molecular formula is C19H24FN5O. The third kappa shape index (κ3) is 3.94. The van der Waals surface area contributed by atoms with Crippen molar-refractivity contribution in [1.82, 2.24) is 14.5 Å². The van der Waals surface area contributed by atoms with Gasteiger partial charge in [-0.1, -0.05) is 43.7 Å². The number of fused-ring (bicyclic) bond motifs is 1. The molecular weight excluding hydrogens is 333 g/mol. The van der Waals surface area contributed by atoms with Crippen molar-refractivity contribution in [3.05, 3.63) is 47.9 Å². The fraction of sp³-hybridized carbons (Fsp3) is 0.368. The van der Waals surface area contributed by atoms with Crippen molar-refractivity contribution in [2.75, 3.05) is 17.7 Å². The van der Waals surface area contributed by atoms with Crippen LogP contribution in [0.3, 0.4) is 0 Å². The van der Waals surface area contributed by atoms with Gasteiger partial charge in [-0.3, -0.25) is 0 Å². The standard InChI is InChI=1S/C19H24FN5O/c1-2-6-14(9-10-26)22-18-17-16(23-19(21)24-18)15(20)12-25(17)11-13-7-4-3-5-8-13/h3-5,7-8,12,14,26H,2,6,9-11H2,1H3,(H3,21,22,23,24)/t14-/m0/s1. The van der Waals surface area contributed by atoms with Crippen LogP contribution in [0.15, 0.2) is 36.5 Å². The first kappa shape index (κ1) is 18.1. The van der Waals surface area contributed by atoms with E-state index in [1.165, 1.54) is 6.20 Å². The number of rotatable bonds is 8. The van der Waals surface area contributed by atoms with Crippen LogP contribution < -0.4 is 11.1 Å². The molecule has 7 heteroatoms. The highest BCUT2D eigenvalue weighted by atomic mass is 19.1. The minimum Gasteiger partial charge on any atom is -0.396 e. The van der Waals surface area contributed by atoms with E-state index in [1.807, 2.05) is 30.3 Å². The second kappa shape index (κ2) is 8.14. The van der Waals surface area contributed by atoms with Crippen molar-refractivity contribution in [1.29, 1.82) is 0 Å². The number of hydrogen-bond acceptors (Lipinski definition) is 5. The van der Waals surface area contributed by atoms with E-state index in [0.717, 1.165) is 18.4 Å². The van der Waals surface area contributed by atoms with Crippen molar-refractivity contribution < 1.29 is 9.50 Å². The Morgan fingerprint density at radius 2 is 2.00 bits per heavy atom. The van der Waals surface area contributed by atoms with Crippen LogP contribution in [-0.4, -0.2) is 32.3 Å². The molecule has 0 unspecified atom stereocenters. The number of hydrogen-bond donors (Lipinski definition) is 3. The number of aliphatic hydroxyl groups excluding tert-OH is 1. The molecule has 0 aliphatic heterocycles. The van der Waals surface area contributed by atoms with Gasteiger partial charge in [0, 0.05) is 25.4 Å². The lowest BCUT2D eigenvalue weighted by molar-refractivity contribution is 0.276. The molecule has 1 atom stereocenters. The molecule has 2 heterocycles. The Morgan fingerprint density at radius 3 is 2.69 bits per heavy atom. The van der Waals surface area contributed by atoms with E-state index in [9.17, 15) is 9.50 Å². The summed E-state index contributed by atoms with van der Waals surface area (Å²) in [5.41, 5.74) is 7.63. The normalized spacial score (nSPS) is 12.4. The van der Waals surface area contributed by atoms with E-state index < -0.39 is 5.82 Å². The van der Waals surface area contributed by atoms with Gasteiger partial charge in [-0.25, -0.2) is 9.37 Å². The van der Waals surface area contributed by atoms with E-state index in [4.69, 9.17) is 5.73 Å². The maximum atomic E-state index is 14.5. The largest absolute Gasteiger partial charge is 0.396 e. The number of halogens is 1. The SMILES string of the molecule is CCC[C@@H](CCO)Nc1nc(N)nc2c(F)cn(Cc3ccccc3)c12. The predicted octanol–water partition coefficient (Wildman–Crippen LogP) is 3.16. The van der Waals surface area contributed by atoms with E-state index in [0.29, 0.717) is 24.3 Å². The van der Waals surface area contributed by atoms with Crippen LogP contribution in [-0.2, 0) is 6.54 Å². The molecule has 0 saturated carbocycles. The van der Waals surface area contributed by atoms with Gasteiger partial charge >= 0.3 is 0 Å². The summed E-state index contributed by atoms with van der Waals surface area (Å²) in [5.74, 6) is 0.0946. The number of nitrogens with zero attached hydrogens (tertiary/aromatic N) is 3. The zero-order valence-electron chi connectivity index (χ0n) is 14.8. The van der Waals surface area contributed by atoms with Crippen molar-refractivity contribution in [2.24, 2.45) is 0 Å². The summed E-state index contributed by atoms with van der Waals surface area (Å²) in [7, 11) is 0. The topological polar surface area (TPSA) is 89.0 Å². The number of nitrogen functional groups attached to an aromatic ring is 1. The van der Waals surface area contributed by atoms with Crippen LogP contribution in [0.1, 0.15) is 31.7 Å². The van der Waals surface area contributed by atoms with Gasteiger partial charge < -0.3 is 20.7 Å². The first-order chi connectivity index (χ1) is 12.6. The lowest BCUT2D eigenvalue weighted by atomic mass is 10.1. The highest BCUT2D eigenvalue weighted by Crippen LogP contribution is 2.27. The van der Waals surface area contributed by atoms with E-state index >= 15 is 0 Å². The molecule has 0 radical (unpaired) electrons. The molecule has 4 N–H and O–H groups in total. The van der Waals surface area contributed by atoms with Gasteiger partial charge in [0.25, 0.3) is 0 Å². The lowest BCUT2D eigenvalue weighted by Crippen LogP contribution is -2.22. The quantitative estimate of drug-likeness (QED) is 0.576. The molecule has 0 bridgehead atoms. The Hall–Kier alpha value is -2.67. The molecule has 0 aliphatic carbocycles. The summed E-state index contributed by atoms with van der Waals surface area (Å²) in [6.07, 6.45) is 3.84. The van der Waals surface area contributed by atoms with Crippen LogP contribution in [0.5, 0.6) is 0 Å².